The van der Waals surface area contributed by atoms with E-state index in [2.05, 4.69) is 0 Å². The number of imide groups is 1. The van der Waals surface area contributed by atoms with Crippen LogP contribution in [0, 0.1) is 0 Å². The molecule has 20 heavy (non-hydrogen) atoms. The molecule has 0 radical (unpaired) electrons. The van der Waals surface area contributed by atoms with Crippen molar-refractivity contribution in [2.24, 2.45) is 0 Å². The summed E-state index contributed by atoms with van der Waals surface area (Å²) in [6, 6.07) is -0.301. The highest BCUT2D eigenvalue weighted by atomic mass is 16.3. The van der Waals surface area contributed by atoms with E-state index in [9.17, 15) is 14.4 Å². The Bertz CT molecular complexity index is 384. The second-order valence-electron chi connectivity index (χ2n) is 5.24. The van der Waals surface area contributed by atoms with Gasteiger partial charge in [-0.3, -0.25) is 14.5 Å². The number of hydrogen-bond donors (Lipinski definition) is 1. The van der Waals surface area contributed by atoms with E-state index < -0.39 is 6.10 Å². The maximum absolute atomic E-state index is 11.8. The maximum atomic E-state index is 11.8. The summed E-state index contributed by atoms with van der Waals surface area (Å²) in [5.41, 5.74) is 0. The normalized spacial score (nSPS) is 16.8. The van der Waals surface area contributed by atoms with E-state index in [1.807, 2.05) is 0 Å². The zero-order valence-electron chi connectivity index (χ0n) is 12.3. The summed E-state index contributed by atoms with van der Waals surface area (Å²) in [4.78, 5) is 39.0. The van der Waals surface area contributed by atoms with Crippen molar-refractivity contribution in [2.45, 2.75) is 32.3 Å². The molecule has 1 heterocycles. The van der Waals surface area contributed by atoms with Gasteiger partial charge in [-0.2, -0.15) is 0 Å². The van der Waals surface area contributed by atoms with Gasteiger partial charge in [-0.15, -0.1) is 0 Å². The number of likely N-dealkylation sites (N-methyl/N-ethyl adjacent to an activating group) is 1. The number of nitrogens with zero attached hydrogens (tertiary/aromatic N) is 3. The lowest BCUT2D eigenvalue weighted by Gasteiger charge is -2.19. The minimum absolute atomic E-state index is 0.0434. The molecule has 0 spiro atoms. The second kappa shape index (κ2) is 7.23. The molecule has 0 aromatic heterocycles. The minimum Gasteiger partial charge on any atom is -0.393 e. The molecule has 1 N–H and O–H groups in total. The largest absolute Gasteiger partial charge is 0.393 e. The molecule has 4 amide bonds. The van der Waals surface area contributed by atoms with E-state index in [1.165, 1.54) is 9.80 Å². The SMILES string of the molecule is CC(O)CCN(C)C(=O)CCCN1C(=O)CN(C)C1=O. The average molecular weight is 285 g/mol. The van der Waals surface area contributed by atoms with E-state index >= 15 is 0 Å². The lowest BCUT2D eigenvalue weighted by Crippen LogP contribution is -2.34. The van der Waals surface area contributed by atoms with Crippen molar-refractivity contribution in [1.82, 2.24) is 14.7 Å². The molecule has 1 atom stereocenters. The van der Waals surface area contributed by atoms with Crippen LogP contribution in [0.3, 0.4) is 0 Å². The van der Waals surface area contributed by atoms with Gasteiger partial charge in [-0.1, -0.05) is 0 Å². The fraction of sp³-hybridized carbons (Fsp3) is 0.769. The summed E-state index contributed by atoms with van der Waals surface area (Å²) in [6.07, 6.45) is 0.858. The summed E-state index contributed by atoms with van der Waals surface area (Å²) in [5.74, 6) is -0.259. The van der Waals surface area contributed by atoms with Gasteiger partial charge in [0.2, 0.25) is 11.8 Å². The number of urea groups is 1. The first-order valence-electron chi connectivity index (χ1n) is 6.80. The molecule has 7 nitrogen and oxygen atoms in total. The highest BCUT2D eigenvalue weighted by Crippen LogP contribution is 2.09. The van der Waals surface area contributed by atoms with Crippen molar-refractivity contribution in [2.75, 3.05) is 33.7 Å². The van der Waals surface area contributed by atoms with Gasteiger partial charge in [0.25, 0.3) is 0 Å². The van der Waals surface area contributed by atoms with Gasteiger partial charge in [0.1, 0.15) is 6.54 Å². The monoisotopic (exact) mass is 285 g/mol. The molecule has 1 saturated heterocycles. The number of carbonyl (C=O) groups is 3. The van der Waals surface area contributed by atoms with Crippen molar-refractivity contribution < 1.29 is 19.5 Å². The number of aliphatic hydroxyl groups excluding tert-OH is 1. The van der Waals surface area contributed by atoms with Crippen LogP contribution in [-0.4, -0.2) is 77.5 Å². The molecule has 7 heteroatoms. The third kappa shape index (κ3) is 4.48. The smallest absolute Gasteiger partial charge is 0.326 e. The summed E-state index contributed by atoms with van der Waals surface area (Å²) < 4.78 is 0. The Hall–Kier alpha value is -1.63. The third-order valence-electron chi connectivity index (χ3n) is 3.31. The lowest BCUT2D eigenvalue weighted by molar-refractivity contribution is -0.131. The molecule has 0 bridgehead atoms. The van der Waals surface area contributed by atoms with Crippen molar-refractivity contribution in [3.63, 3.8) is 0 Å². The Morgan fingerprint density at radius 2 is 2.10 bits per heavy atom. The highest BCUT2D eigenvalue weighted by Gasteiger charge is 2.32. The quantitative estimate of drug-likeness (QED) is 0.662. The highest BCUT2D eigenvalue weighted by molar-refractivity contribution is 6.01. The van der Waals surface area contributed by atoms with E-state index in [1.54, 1.807) is 25.9 Å². The topological polar surface area (TPSA) is 81.2 Å². The van der Waals surface area contributed by atoms with Crippen LogP contribution in [0.5, 0.6) is 0 Å². The van der Waals surface area contributed by atoms with E-state index in [4.69, 9.17) is 5.11 Å². The van der Waals surface area contributed by atoms with Crippen molar-refractivity contribution in [3.8, 4) is 0 Å². The zero-order chi connectivity index (χ0) is 15.3. The predicted octanol–water partition coefficient (Wildman–Crippen LogP) is -0.110. The molecular weight excluding hydrogens is 262 g/mol. The predicted molar refractivity (Wildman–Crippen MR) is 72.9 cm³/mol. The van der Waals surface area contributed by atoms with Crippen LogP contribution >= 0.6 is 0 Å². The molecule has 0 aromatic carbocycles. The van der Waals surface area contributed by atoms with Gasteiger partial charge in [0.05, 0.1) is 6.10 Å². The molecular formula is C13H23N3O4. The molecule has 1 aliphatic heterocycles. The Balaban J connectivity index is 2.28. The van der Waals surface area contributed by atoms with Gasteiger partial charge in [-0.25, -0.2) is 4.79 Å². The summed E-state index contributed by atoms with van der Waals surface area (Å²) in [5, 5.41) is 9.16. The number of rotatable bonds is 7. The van der Waals surface area contributed by atoms with Gasteiger partial charge < -0.3 is 14.9 Å². The number of carbonyl (C=O) groups excluding carboxylic acids is 3. The molecule has 0 aromatic rings. The van der Waals surface area contributed by atoms with Crippen molar-refractivity contribution in [3.05, 3.63) is 0 Å². The first-order valence-corrected chi connectivity index (χ1v) is 6.80. The number of aliphatic hydroxyl groups is 1. The first kappa shape index (κ1) is 16.4. The lowest BCUT2D eigenvalue weighted by atomic mass is 10.2. The van der Waals surface area contributed by atoms with E-state index in [0.717, 1.165) is 0 Å². The standard InChI is InChI=1S/C13H23N3O4/c1-10(17)6-8-14(2)11(18)5-4-7-16-12(19)9-15(3)13(16)20/h10,17H,4-9H2,1-3H3. The van der Waals surface area contributed by atoms with Gasteiger partial charge >= 0.3 is 6.03 Å². The van der Waals surface area contributed by atoms with Crippen LogP contribution < -0.4 is 0 Å². The average Bonchev–Trinajstić information content (AvgIpc) is 2.61. The Labute approximate surface area is 119 Å². The molecule has 1 unspecified atom stereocenters. The van der Waals surface area contributed by atoms with Crippen LogP contribution in [0.4, 0.5) is 4.79 Å². The van der Waals surface area contributed by atoms with Gasteiger partial charge in [0.15, 0.2) is 0 Å². The van der Waals surface area contributed by atoms with Crippen LogP contribution in [0.25, 0.3) is 0 Å². The molecule has 1 rings (SSSR count). The number of hydrogen-bond acceptors (Lipinski definition) is 4. The van der Waals surface area contributed by atoms with E-state index in [-0.39, 0.29) is 37.4 Å². The van der Waals surface area contributed by atoms with Gasteiger partial charge in [0, 0.05) is 33.6 Å². The van der Waals surface area contributed by atoms with Crippen LogP contribution in [0.1, 0.15) is 26.2 Å². The number of amides is 4. The minimum atomic E-state index is -0.430. The first-order chi connectivity index (χ1) is 9.32. The Kier molecular flexibility index (Phi) is 5.94. The Morgan fingerprint density at radius 1 is 1.45 bits per heavy atom. The Morgan fingerprint density at radius 3 is 2.60 bits per heavy atom. The maximum Gasteiger partial charge on any atom is 0.326 e. The summed E-state index contributed by atoms with van der Waals surface area (Å²) in [7, 11) is 3.26. The molecule has 1 aliphatic rings. The van der Waals surface area contributed by atoms with Crippen molar-refractivity contribution >= 4 is 17.8 Å². The third-order valence-corrected chi connectivity index (χ3v) is 3.31. The van der Waals surface area contributed by atoms with Crippen molar-refractivity contribution in [1.29, 1.82) is 0 Å². The molecule has 114 valence electrons. The summed E-state index contributed by atoms with van der Waals surface area (Å²) in [6.45, 7) is 2.57. The molecule has 1 fully saturated rings. The summed E-state index contributed by atoms with van der Waals surface area (Å²) >= 11 is 0. The van der Waals surface area contributed by atoms with Crippen LogP contribution in [0.2, 0.25) is 0 Å². The fourth-order valence-electron chi connectivity index (χ4n) is 1.97. The molecule has 0 saturated carbocycles. The zero-order valence-corrected chi connectivity index (χ0v) is 12.3. The van der Waals surface area contributed by atoms with Crippen LogP contribution in [-0.2, 0) is 9.59 Å². The van der Waals surface area contributed by atoms with E-state index in [0.29, 0.717) is 19.4 Å². The second-order valence-corrected chi connectivity index (χ2v) is 5.24. The van der Waals surface area contributed by atoms with Crippen LogP contribution in [0.15, 0.2) is 0 Å². The van der Waals surface area contributed by atoms with Gasteiger partial charge in [-0.05, 0) is 19.8 Å². The molecule has 0 aliphatic carbocycles. The fourth-order valence-corrected chi connectivity index (χ4v) is 1.97.